The monoisotopic (exact) mass is 232 g/mol. The first-order valence-electron chi connectivity index (χ1n) is 4.43. The summed E-state index contributed by atoms with van der Waals surface area (Å²) in [5.74, 6) is -2.03. The molecule has 1 aromatic rings. The van der Waals surface area contributed by atoms with E-state index in [2.05, 4.69) is 0 Å². The van der Waals surface area contributed by atoms with Gasteiger partial charge in [0.05, 0.1) is 10.6 Å². The van der Waals surface area contributed by atoms with Crippen LogP contribution in [-0.2, 0) is 0 Å². The number of hydrogen-bond acceptors (Lipinski definition) is 1. The minimum absolute atomic E-state index is 0.260. The van der Waals surface area contributed by atoms with Gasteiger partial charge in [0.15, 0.2) is 5.78 Å². The zero-order valence-corrected chi connectivity index (χ0v) is 9.45. The number of carbonyl (C=O) groups excluding carboxylic acids is 1. The van der Waals surface area contributed by atoms with Crippen LogP contribution in [0.3, 0.4) is 0 Å². The van der Waals surface area contributed by atoms with E-state index in [9.17, 15) is 13.6 Å². The third kappa shape index (κ3) is 2.53. The SMILES string of the molecule is CC(C)(C)C(=O)c1cc(F)c(Cl)cc1F. The minimum atomic E-state index is -0.790. The lowest BCUT2D eigenvalue weighted by atomic mass is 9.86. The summed E-state index contributed by atoms with van der Waals surface area (Å²) in [6.45, 7) is 4.92. The Morgan fingerprint density at radius 2 is 1.73 bits per heavy atom. The van der Waals surface area contributed by atoms with E-state index in [4.69, 9.17) is 11.6 Å². The summed E-state index contributed by atoms with van der Waals surface area (Å²) in [5, 5.41) is -0.321. The van der Waals surface area contributed by atoms with E-state index in [1.807, 2.05) is 0 Å². The van der Waals surface area contributed by atoms with E-state index in [1.54, 1.807) is 20.8 Å². The molecule has 0 unspecified atom stereocenters. The average Bonchev–Trinajstić information content (AvgIpc) is 2.08. The summed E-state index contributed by atoms with van der Waals surface area (Å²) in [4.78, 5) is 11.7. The molecule has 0 saturated carbocycles. The van der Waals surface area contributed by atoms with Crippen LogP contribution in [0.5, 0.6) is 0 Å². The van der Waals surface area contributed by atoms with Crippen LogP contribution in [0, 0.1) is 17.0 Å². The maximum atomic E-state index is 13.3. The molecule has 0 aromatic heterocycles. The van der Waals surface area contributed by atoms with Gasteiger partial charge < -0.3 is 0 Å². The summed E-state index contributed by atoms with van der Waals surface area (Å²) < 4.78 is 26.4. The summed E-state index contributed by atoms with van der Waals surface area (Å²) in [5.41, 5.74) is -1.01. The fraction of sp³-hybridized carbons (Fsp3) is 0.364. The number of Topliss-reactive ketones (excluding diaryl/α,β-unsaturated/α-hetero) is 1. The van der Waals surface area contributed by atoms with Crippen LogP contribution >= 0.6 is 11.6 Å². The fourth-order valence-corrected chi connectivity index (χ4v) is 1.25. The van der Waals surface area contributed by atoms with Crippen molar-refractivity contribution in [1.82, 2.24) is 0 Å². The lowest BCUT2D eigenvalue weighted by molar-refractivity contribution is 0.0853. The van der Waals surface area contributed by atoms with Crippen LogP contribution in [0.1, 0.15) is 31.1 Å². The summed E-state index contributed by atoms with van der Waals surface area (Å²) in [7, 11) is 0. The highest BCUT2D eigenvalue weighted by Gasteiger charge is 2.26. The molecule has 15 heavy (non-hydrogen) atoms. The van der Waals surface area contributed by atoms with E-state index in [0.29, 0.717) is 0 Å². The zero-order valence-electron chi connectivity index (χ0n) is 8.70. The first-order valence-corrected chi connectivity index (χ1v) is 4.80. The molecule has 0 atom stereocenters. The van der Waals surface area contributed by atoms with Gasteiger partial charge in [0.25, 0.3) is 0 Å². The molecule has 0 spiro atoms. The number of halogens is 3. The van der Waals surface area contributed by atoms with Gasteiger partial charge in [0.1, 0.15) is 11.6 Å². The number of hydrogen-bond donors (Lipinski definition) is 0. The molecule has 0 amide bonds. The van der Waals surface area contributed by atoms with Crippen molar-refractivity contribution in [2.24, 2.45) is 5.41 Å². The Labute approximate surface area is 92.1 Å². The molecule has 0 aliphatic rings. The van der Waals surface area contributed by atoms with Gasteiger partial charge in [-0.3, -0.25) is 4.79 Å². The second-order valence-corrected chi connectivity index (χ2v) is 4.73. The van der Waals surface area contributed by atoms with E-state index in [1.165, 1.54) is 0 Å². The van der Waals surface area contributed by atoms with Crippen molar-refractivity contribution >= 4 is 17.4 Å². The molecule has 4 heteroatoms. The van der Waals surface area contributed by atoms with Gasteiger partial charge in [-0.05, 0) is 12.1 Å². The van der Waals surface area contributed by atoms with Crippen molar-refractivity contribution in [3.05, 3.63) is 34.4 Å². The maximum absolute atomic E-state index is 13.3. The van der Waals surface area contributed by atoms with Crippen LogP contribution in [0.2, 0.25) is 5.02 Å². The lowest BCUT2D eigenvalue weighted by Crippen LogP contribution is -2.21. The van der Waals surface area contributed by atoms with Crippen molar-refractivity contribution in [3.8, 4) is 0 Å². The minimum Gasteiger partial charge on any atom is -0.293 e. The Kier molecular flexibility index (Phi) is 3.14. The van der Waals surface area contributed by atoms with E-state index in [-0.39, 0.29) is 10.6 Å². The molecule has 0 aliphatic carbocycles. The summed E-state index contributed by atoms with van der Waals surface area (Å²) in [6.07, 6.45) is 0. The van der Waals surface area contributed by atoms with Gasteiger partial charge in [-0.25, -0.2) is 8.78 Å². The molecule has 0 heterocycles. The first kappa shape index (κ1) is 12.1. The molecule has 1 nitrogen and oxygen atoms in total. The molecule has 0 radical (unpaired) electrons. The quantitative estimate of drug-likeness (QED) is 0.531. The topological polar surface area (TPSA) is 17.1 Å². The number of carbonyl (C=O) groups is 1. The lowest BCUT2D eigenvalue weighted by Gasteiger charge is -2.17. The molecule has 0 fully saturated rings. The average molecular weight is 233 g/mol. The Hall–Kier alpha value is -0.960. The van der Waals surface area contributed by atoms with Gasteiger partial charge in [-0.2, -0.15) is 0 Å². The highest BCUT2D eigenvalue weighted by molar-refractivity contribution is 6.30. The number of ketones is 1. The Morgan fingerprint density at radius 1 is 1.20 bits per heavy atom. The summed E-state index contributed by atoms with van der Waals surface area (Å²) >= 11 is 5.38. The molecule has 82 valence electrons. The normalized spacial score (nSPS) is 11.6. The molecule has 0 saturated heterocycles. The smallest absolute Gasteiger partial charge is 0.171 e. The van der Waals surface area contributed by atoms with Crippen LogP contribution in [0.15, 0.2) is 12.1 Å². The van der Waals surface area contributed by atoms with Crippen molar-refractivity contribution in [1.29, 1.82) is 0 Å². The molecular formula is C11H11ClF2O. The van der Waals surface area contributed by atoms with Crippen LogP contribution in [0.25, 0.3) is 0 Å². The first-order chi connectivity index (χ1) is 6.73. The van der Waals surface area contributed by atoms with Gasteiger partial charge in [-0.1, -0.05) is 32.4 Å². The maximum Gasteiger partial charge on any atom is 0.171 e. The van der Waals surface area contributed by atoms with Gasteiger partial charge in [-0.15, -0.1) is 0 Å². The largest absolute Gasteiger partial charge is 0.293 e. The van der Waals surface area contributed by atoms with Crippen LogP contribution < -0.4 is 0 Å². The molecule has 0 bridgehead atoms. The molecule has 1 aromatic carbocycles. The Balaban J connectivity index is 3.28. The second-order valence-electron chi connectivity index (χ2n) is 4.33. The standard InChI is InChI=1S/C11H11ClF2O/c1-11(2,3)10(15)6-4-9(14)7(12)5-8(6)13/h4-5H,1-3H3. The van der Waals surface area contributed by atoms with Crippen molar-refractivity contribution in [3.63, 3.8) is 0 Å². The summed E-state index contributed by atoms with van der Waals surface area (Å²) in [6, 6.07) is 1.65. The number of rotatable bonds is 1. The molecular weight excluding hydrogens is 222 g/mol. The van der Waals surface area contributed by atoms with Gasteiger partial charge in [0, 0.05) is 5.41 Å². The van der Waals surface area contributed by atoms with Crippen molar-refractivity contribution in [2.75, 3.05) is 0 Å². The Morgan fingerprint density at radius 3 is 2.20 bits per heavy atom. The van der Waals surface area contributed by atoms with Crippen molar-refractivity contribution < 1.29 is 13.6 Å². The predicted octanol–water partition coefficient (Wildman–Crippen LogP) is 3.85. The van der Waals surface area contributed by atoms with Crippen molar-refractivity contribution in [2.45, 2.75) is 20.8 Å². The molecule has 0 aliphatic heterocycles. The number of benzene rings is 1. The highest BCUT2D eigenvalue weighted by atomic mass is 35.5. The Bertz CT molecular complexity index is 408. The second kappa shape index (κ2) is 3.89. The predicted molar refractivity (Wildman–Crippen MR) is 55.2 cm³/mol. The van der Waals surface area contributed by atoms with Gasteiger partial charge in [0.2, 0.25) is 0 Å². The third-order valence-corrected chi connectivity index (χ3v) is 2.23. The van der Waals surface area contributed by atoms with E-state index >= 15 is 0 Å². The fourth-order valence-electron chi connectivity index (χ4n) is 1.10. The third-order valence-electron chi connectivity index (χ3n) is 1.94. The van der Waals surface area contributed by atoms with Crippen LogP contribution in [0.4, 0.5) is 8.78 Å². The van der Waals surface area contributed by atoms with E-state index in [0.717, 1.165) is 12.1 Å². The van der Waals surface area contributed by atoms with E-state index < -0.39 is 22.8 Å². The zero-order chi connectivity index (χ0) is 11.8. The van der Waals surface area contributed by atoms with Crippen LogP contribution in [-0.4, -0.2) is 5.78 Å². The molecule has 1 rings (SSSR count). The molecule has 0 N–H and O–H groups in total. The van der Waals surface area contributed by atoms with Gasteiger partial charge >= 0.3 is 0 Å². The highest BCUT2D eigenvalue weighted by Crippen LogP contribution is 2.26.